The van der Waals surface area contributed by atoms with Gasteiger partial charge in [-0.1, -0.05) is 0 Å². The number of hydrogen-bond acceptors (Lipinski definition) is 4. The summed E-state index contributed by atoms with van der Waals surface area (Å²) in [5.74, 6) is -0.613. The standard InChI is InChI=1S/C18H23F3N6O2/c1-4-26(5-2)17(29)10-25(3)9-16(28)24-14-8-13(18(19,20)21)6-7-15(14)27-12-22-11-23-27/h6-8,11-12H,4-5,9-10H2,1-3H3,(H,24,28)/p+1. The maximum atomic E-state index is 13.1. The zero-order valence-corrected chi connectivity index (χ0v) is 16.5. The Balaban J connectivity index is 2.15. The van der Waals surface area contributed by atoms with E-state index in [9.17, 15) is 22.8 Å². The molecule has 158 valence electrons. The van der Waals surface area contributed by atoms with Crippen LogP contribution in [0.1, 0.15) is 19.4 Å². The van der Waals surface area contributed by atoms with Gasteiger partial charge in [-0.2, -0.15) is 18.3 Å². The van der Waals surface area contributed by atoms with E-state index in [1.165, 1.54) is 23.4 Å². The molecule has 2 N–H and O–H groups in total. The molecule has 0 fully saturated rings. The largest absolute Gasteiger partial charge is 0.416 e. The molecule has 0 radical (unpaired) electrons. The molecule has 8 nitrogen and oxygen atoms in total. The van der Waals surface area contributed by atoms with E-state index < -0.39 is 17.6 Å². The topological polar surface area (TPSA) is 84.6 Å². The van der Waals surface area contributed by atoms with Gasteiger partial charge < -0.3 is 15.1 Å². The summed E-state index contributed by atoms with van der Waals surface area (Å²) < 4.78 is 40.5. The van der Waals surface area contributed by atoms with Gasteiger partial charge >= 0.3 is 6.18 Å². The minimum atomic E-state index is -4.56. The van der Waals surface area contributed by atoms with Gasteiger partial charge in [-0.15, -0.1) is 0 Å². The zero-order chi connectivity index (χ0) is 21.6. The minimum Gasteiger partial charge on any atom is -0.338 e. The molecule has 1 aromatic heterocycles. The minimum absolute atomic E-state index is 0.0433. The number of anilines is 1. The molecule has 0 bridgehead atoms. The van der Waals surface area contributed by atoms with Crippen molar-refractivity contribution in [2.24, 2.45) is 0 Å². The number of likely N-dealkylation sites (N-methyl/N-ethyl adjacent to an activating group) is 2. The van der Waals surface area contributed by atoms with Crippen molar-refractivity contribution in [3.05, 3.63) is 36.4 Å². The molecule has 0 saturated heterocycles. The molecular formula is C18H24F3N6O2+. The van der Waals surface area contributed by atoms with Gasteiger partial charge in [-0.3, -0.25) is 9.59 Å². The first kappa shape index (κ1) is 22.3. The highest BCUT2D eigenvalue weighted by Gasteiger charge is 2.31. The van der Waals surface area contributed by atoms with Crippen molar-refractivity contribution in [3.8, 4) is 5.69 Å². The summed E-state index contributed by atoms with van der Waals surface area (Å²) in [7, 11) is 1.67. The van der Waals surface area contributed by atoms with Crippen molar-refractivity contribution in [1.29, 1.82) is 0 Å². The first-order chi connectivity index (χ1) is 13.7. The maximum Gasteiger partial charge on any atom is 0.416 e. The van der Waals surface area contributed by atoms with E-state index in [0.717, 1.165) is 12.1 Å². The number of benzene rings is 1. The Kier molecular flexibility index (Phi) is 7.32. The highest BCUT2D eigenvalue weighted by Crippen LogP contribution is 2.33. The van der Waals surface area contributed by atoms with Crippen molar-refractivity contribution >= 4 is 17.5 Å². The van der Waals surface area contributed by atoms with Crippen molar-refractivity contribution < 1.29 is 27.7 Å². The molecule has 2 amide bonds. The van der Waals surface area contributed by atoms with Crippen molar-refractivity contribution in [2.75, 3.05) is 38.5 Å². The van der Waals surface area contributed by atoms with Gasteiger partial charge in [-0.05, 0) is 32.0 Å². The molecule has 1 atom stereocenters. The average molecular weight is 413 g/mol. The molecule has 1 aromatic carbocycles. The summed E-state index contributed by atoms with van der Waals surface area (Å²) >= 11 is 0. The normalized spacial score (nSPS) is 12.5. The number of halogens is 3. The molecule has 29 heavy (non-hydrogen) atoms. The van der Waals surface area contributed by atoms with Gasteiger partial charge in [0.1, 0.15) is 12.7 Å². The summed E-state index contributed by atoms with van der Waals surface area (Å²) in [5, 5.41) is 6.40. The van der Waals surface area contributed by atoms with Crippen LogP contribution in [0, 0.1) is 0 Å². The fourth-order valence-corrected chi connectivity index (χ4v) is 2.82. The molecule has 2 aromatic rings. The Hall–Kier alpha value is -2.95. The number of aromatic nitrogens is 3. The van der Waals surface area contributed by atoms with Crippen LogP contribution < -0.4 is 10.2 Å². The lowest BCUT2D eigenvalue weighted by atomic mass is 10.1. The molecule has 0 aliphatic heterocycles. The fraction of sp³-hybridized carbons (Fsp3) is 0.444. The molecule has 0 aliphatic rings. The zero-order valence-electron chi connectivity index (χ0n) is 16.5. The Morgan fingerprint density at radius 1 is 1.21 bits per heavy atom. The summed E-state index contributed by atoms with van der Waals surface area (Å²) in [4.78, 5) is 30.6. The molecule has 0 spiro atoms. The summed E-state index contributed by atoms with van der Waals surface area (Å²) in [6.45, 7) is 4.89. The number of carbonyl (C=O) groups is 2. The lowest BCUT2D eigenvalue weighted by Crippen LogP contribution is -3.11. The first-order valence-corrected chi connectivity index (χ1v) is 9.10. The number of nitrogens with one attached hydrogen (secondary N) is 2. The highest BCUT2D eigenvalue weighted by molar-refractivity contribution is 5.93. The SMILES string of the molecule is CCN(CC)C(=O)C[NH+](C)CC(=O)Nc1cc(C(F)(F)F)ccc1-n1cncn1. The number of rotatable bonds is 8. The summed E-state index contributed by atoms with van der Waals surface area (Å²) in [6, 6.07) is 2.98. The van der Waals surface area contributed by atoms with Crippen LogP contribution in [0.3, 0.4) is 0 Å². The van der Waals surface area contributed by atoms with Gasteiger partial charge in [-0.25, -0.2) is 9.67 Å². The number of hydrogen-bond donors (Lipinski definition) is 2. The molecule has 1 heterocycles. The number of amides is 2. The second-order valence-corrected chi connectivity index (χ2v) is 6.49. The van der Waals surface area contributed by atoms with Crippen molar-refractivity contribution in [1.82, 2.24) is 19.7 Å². The van der Waals surface area contributed by atoms with Gasteiger partial charge in [0.05, 0.1) is 24.0 Å². The van der Waals surface area contributed by atoms with E-state index in [2.05, 4.69) is 15.4 Å². The van der Waals surface area contributed by atoms with E-state index in [4.69, 9.17) is 0 Å². The number of nitrogens with zero attached hydrogens (tertiary/aromatic N) is 4. The predicted octanol–water partition coefficient (Wildman–Crippen LogP) is 0.608. The molecule has 1 unspecified atom stereocenters. The van der Waals surface area contributed by atoms with Crippen LogP contribution in [0.4, 0.5) is 18.9 Å². The number of alkyl halides is 3. The third-order valence-corrected chi connectivity index (χ3v) is 4.30. The summed E-state index contributed by atoms with van der Waals surface area (Å²) in [5.41, 5.74) is -0.687. The Morgan fingerprint density at radius 3 is 2.45 bits per heavy atom. The van der Waals surface area contributed by atoms with E-state index in [1.54, 1.807) is 11.9 Å². The Labute approximate surface area is 166 Å². The van der Waals surface area contributed by atoms with E-state index >= 15 is 0 Å². The number of quaternary nitrogens is 1. The Bertz CT molecular complexity index is 835. The monoisotopic (exact) mass is 413 g/mol. The lowest BCUT2D eigenvalue weighted by Gasteiger charge is -2.21. The second-order valence-electron chi connectivity index (χ2n) is 6.49. The van der Waals surface area contributed by atoms with Crippen LogP contribution in [-0.4, -0.2) is 64.7 Å². The van der Waals surface area contributed by atoms with Crippen LogP contribution in [0.25, 0.3) is 5.69 Å². The van der Waals surface area contributed by atoms with E-state index in [-0.39, 0.29) is 30.4 Å². The third kappa shape index (κ3) is 6.01. The van der Waals surface area contributed by atoms with Crippen LogP contribution >= 0.6 is 0 Å². The van der Waals surface area contributed by atoms with E-state index in [1.807, 2.05) is 13.8 Å². The molecular weight excluding hydrogens is 389 g/mol. The average Bonchev–Trinajstić information content (AvgIpc) is 3.16. The number of carbonyl (C=O) groups excluding carboxylic acids is 2. The molecule has 0 aliphatic carbocycles. The quantitative estimate of drug-likeness (QED) is 0.664. The van der Waals surface area contributed by atoms with Crippen molar-refractivity contribution in [3.63, 3.8) is 0 Å². The molecule has 11 heteroatoms. The lowest BCUT2D eigenvalue weighted by molar-refractivity contribution is -0.862. The second kappa shape index (κ2) is 9.50. The first-order valence-electron chi connectivity index (χ1n) is 9.10. The molecule has 0 saturated carbocycles. The Morgan fingerprint density at radius 2 is 1.90 bits per heavy atom. The maximum absolute atomic E-state index is 13.1. The van der Waals surface area contributed by atoms with Crippen LogP contribution in [0.15, 0.2) is 30.9 Å². The van der Waals surface area contributed by atoms with Gasteiger partial charge in [0, 0.05) is 13.1 Å². The van der Waals surface area contributed by atoms with Gasteiger partial charge in [0.15, 0.2) is 13.1 Å². The highest BCUT2D eigenvalue weighted by atomic mass is 19.4. The van der Waals surface area contributed by atoms with Crippen LogP contribution in [-0.2, 0) is 15.8 Å². The summed E-state index contributed by atoms with van der Waals surface area (Å²) in [6.07, 6.45) is -2.00. The van der Waals surface area contributed by atoms with Crippen molar-refractivity contribution in [2.45, 2.75) is 20.0 Å². The smallest absolute Gasteiger partial charge is 0.338 e. The van der Waals surface area contributed by atoms with Crippen LogP contribution in [0.5, 0.6) is 0 Å². The van der Waals surface area contributed by atoms with Gasteiger partial charge in [0.2, 0.25) is 0 Å². The third-order valence-electron chi connectivity index (χ3n) is 4.30. The van der Waals surface area contributed by atoms with Gasteiger partial charge in [0.25, 0.3) is 11.8 Å². The van der Waals surface area contributed by atoms with E-state index in [0.29, 0.717) is 18.0 Å². The molecule has 2 rings (SSSR count). The fourth-order valence-electron chi connectivity index (χ4n) is 2.82. The van der Waals surface area contributed by atoms with Crippen LogP contribution in [0.2, 0.25) is 0 Å². The predicted molar refractivity (Wildman–Crippen MR) is 99.5 cm³/mol.